The molecule has 6 heteroatoms. The molecule has 0 aliphatic carbocycles. The summed E-state index contributed by atoms with van der Waals surface area (Å²) in [5.41, 5.74) is 6.45. The van der Waals surface area contributed by atoms with Gasteiger partial charge in [0, 0.05) is 10.6 Å². The van der Waals surface area contributed by atoms with Crippen LogP contribution < -0.4 is 5.73 Å². The van der Waals surface area contributed by atoms with Crippen LogP contribution in [0.3, 0.4) is 0 Å². The molecular formula is C11H15NO4S. The molecule has 94 valence electrons. The molecule has 0 fully saturated rings. The molecule has 5 nitrogen and oxygen atoms in total. The third-order valence-electron chi connectivity index (χ3n) is 2.11. The molecule has 1 rings (SSSR count). The van der Waals surface area contributed by atoms with Gasteiger partial charge in [0.15, 0.2) is 0 Å². The van der Waals surface area contributed by atoms with Crippen LogP contribution in [0.4, 0.5) is 5.69 Å². The Morgan fingerprint density at radius 1 is 1.59 bits per heavy atom. The minimum Gasteiger partial charge on any atom is -0.465 e. The maximum atomic E-state index is 11.4. The maximum Gasteiger partial charge on any atom is 0.339 e. The highest BCUT2D eigenvalue weighted by molar-refractivity contribution is 7.99. The number of anilines is 1. The van der Waals surface area contributed by atoms with E-state index < -0.39 is 12.1 Å². The lowest BCUT2D eigenvalue weighted by Crippen LogP contribution is -2.15. The zero-order valence-electron chi connectivity index (χ0n) is 9.42. The van der Waals surface area contributed by atoms with Gasteiger partial charge >= 0.3 is 5.97 Å². The van der Waals surface area contributed by atoms with Gasteiger partial charge in [0.05, 0.1) is 31.1 Å². The topological polar surface area (TPSA) is 92.8 Å². The number of nitrogens with two attached hydrogens (primary N) is 1. The molecule has 0 saturated carbocycles. The number of hydrogen-bond donors (Lipinski definition) is 3. The summed E-state index contributed by atoms with van der Waals surface area (Å²) in [6.45, 7) is -0.302. The minimum absolute atomic E-state index is 0.302. The van der Waals surface area contributed by atoms with E-state index in [1.165, 1.54) is 18.9 Å². The number of para-hydroxylation sites is 1. The lowest BCUT2D eigenvalue weighted by molar-refractivity contribution is 0.0601. The highest BCUT2D eigenvalue weighted by Crippen LogP contribution is 2.28. The SMILES string of the molecule is COC(=O)c1cccc(SCC(O)CO)c1N. The lowest BCUT2D eigenvalue weighted by atomic mass is 10.2. The number of nitrogen functional groups attached to an aromatic ring is 1. The van der Waals surface area contributed by atoms with Crippen LogP contribution in [0.2, 0.25) is 0 Å². The van der Waals surface area contributed by atoms with E-state index in [9.17, 15) is 9.90 Å². The molecule has 1 aromatic carbocycles. The molecule has 1 atom stereocenters. The Kier molecular flexibility index (Phi) is 5.27. The zero-order chi connectivity index (χ0) is 12.8. The van der Waals surface area contributed by atoms with E-state index in [0.29, 0.717) is 21.9 Å². The number of aliphatic hydroxyl groups is 2. The second-order valence-corrected chi connectivity index (χ2v) is 4.42. The molecule has 1 unspecified atom stereocenters. The second-order valence-electron chi connectivity index (χ2n) is 3.36. The lowest BCUT2D eigenvalue weighted by Gasteiger charge is -2.10. The van der Waals surface area contributed by atoms with Gasteiger partial charge in [0.2, 0.25) is 0 Å². The van der Waals surface area contributed by atoms with E-state index in [1.807, 2.05) is 0 Å². The third kappa shape index (κ3) is 3.62. The summed E-state index contributed by atoms with van der Waals surface area (Å²) >= 11 is 1.28. The Labute approximate surface area is 104 Å². The van der Waals surface area contributed by atoms with Gasteiger partial charge in [-0.05, 0) is 12.1 Å². The van der Waals surface area contributed by atoms with Crippen LogP contribution in [0.1, 0.15) is 10.4 Å². The van der Waals surface area contributed by atoms with Crippen molar-refractivity contribution in [3.05, 3.63) is 23.8 Å². The molecule has 0 aliphatic rings. The summed E-state index contributed by atoms with van der Waals surface area (Å²) in [6.07, 6.45) is -0.804. The van der Waals surface area contributed by atoms with E-state index in [-0.39, 0.29) is 6.61 Å². The molecule has 0 aromatic heterocycles. The van der Waals surface area contributed by atoms with E-state index in [2.05, 4.69) is 4.74 Å². The largest absolute Gasteiger partial charge is 0.465 e. The Morgan fingerprint density at radius 2 is 2.29 bits per heavy atom. The molecule has 0 spiro atoms. The van der Waals surface area contributed by atoms with E-state index in [4.69, 9.17) is 10.8 Å². The number of carbonyl (C=O) groups excluding carboxylic acids is 1. The first kappa shape index (κ1) is 13.8. The quantitative estimate of drug-likeness (QED) is 0.404. The van der Waals surface area contributed by atoms with Crippen LogP contribution in [0.25, 0.3) is 0 Å². The van der Waals surface area contributed by atoms with Crippen molar-refractivity contribution in [3.63, 3.8) is 0 Å². The number of benzene rings is 1. The first-order valence-corrected chi connectivity index (χ1v) is 5.97. The average Bonchev–Trinajstić information content (AvgIpc) is 2.36. The Bertz CT molecular complexity index is 397. The molecule has 1 aromatic rings. The van der Waals surface area contributed by atoms with Crippen molar-refractivity contribution < 1.29 is 19.7 Å². The van der Waals surface area contributed by atoms with Crippen LogP contribution in [0.5, 0.6) is 0 Å². The van der Waals surface area contributed by atoms with Crippen molar-refractivity contribution in [1.82, 2.24) is 0 Å². The number of methoxy groups -OCH3 is 1. The first-order valence-electron chi connectivity index (χ1n) is 4.98. The van der Waals surface area contributed by atoms with Gasteiger partial charge < -0.3 is 20.7 Å². The van der Waals surface area contributed by atoms with E-state index in [0.717, 1.165) is 0 Å². The number of esters is 1. The smallest absolute Gasteiger partial charge is 0.339 e. The van der Waals surface area contributed by atoms with Crippen molar-refractivity contribution in [2.75, 3.05) is 25.2 Å². The van der Waals surface area contributed by atoms with Crippen molar-refractivity contribution in [3.8, 4) is 0 Å². The summed E-state index contributed by atoms with van der Waals surface area (Å²) in [7, 11) is 1.29. The predicted octanol–water partition coefficient (Wildman–Crippen LogP) is 0.501. The fourth-order valence-electron chi connectivity index (χ4n) is 1.20. The molecule has 0 saturated heterocycles. The molecule has 0 bridgehead atoms. The molecule has 4 N–H and O–H groups in total. The minimum atomic E-state index is -0.804. The van der Waals surface area contributed by atoms with Crippen LogP contribution in [0, 0.1) is 0 Å². The molecule has 0 radical (unpaired) electrons. The second kappa shape index (κ2) is 6.48. The number of thioether (sulfide) groups is 1. The number of rotatable bonds is 5. The van der Waals surface area contributed by atoms with Gasteiger partial charge in [-0.25, -0.2) is 4.79 Å². The Hall–Kier alpha value is -1.24. The van der Waals surface area contributed by atoms with Crippen LogP contribution in [0.15, 0.2) is 23.1 Å². The summed E-state index contributed by atoms with van der Waals surface area (Å²) in [6, 6.07) is 5.01. The van der Waals surface area contributed by atoms with Crippen molar-refractivity contribution in [2.45, 2.75) is 11.0 Å². The fourth-order valence-corrected chi connectivity index (χ4v) is 2.11. The first-order chi connectivity index (χ1) is 8.10. The van der Waals surface area contributed by atoms with Crippen LogP contribution in [-0.4, -0.2) is 41.8 Å². The highest BCUT2D eigenvalue weighted by atomic mass is 32.2. The average molecular weight is 257 g/mol. The van der Waals surface area contributed by atoms with Crippen molar-refractivity contribution in [1.29, 1.82) is 0 Å². The van der Waals surface area contributed by atoms with Gasteiger partial charge in [0.25, 0.3) is 0 Å². The van der Waals surface area contributed by atoms with Crippen molar-refractivity contribution >= 4 is 23.4 Å². The predicted molar refractivity (Wildman–Crippen MR) is 66.0 cm³/mol. The third-order valence-corrected chi connectivity index (χ3v) is 3.33. The number of carbonyl (C=O) groups is 1. The monoisotopic (exact) mass is 257 g/mol. The maximum absolute atomic E-state index is 11.4. The highest BCUT2D eigenvalue weighted by Gasteiger charge is 2.13. The summed E-state index contributed by atoms with van der Waals surface area (Å²) in [5.74, 6) is -0.182. The van der Waals surface area contributed by atoms with Crippen LogP contribution in [-0.2, 0) is 4.74 Å². The number of ether oxygens (including phenoxy) is 1. The molecule has 17 heavy (non-hydrogen) atoms. The molecular weight excluding hydrogens is 242 g/mol. The van der Waals surface area contributed by atoms with Gasteiger partial charge in [-0.1, -0.05) is 6.07 Å². The number of aliphatic hydroxyl groups excluding tert-OH is 2. The Morgan fingerprint density at radius 3 is 2.88 bits per heavy atom. The van der Waals surface area contributed by atoms with Gasteiger partial charge in [0.1, 0.15) is 0 Å². The van der Waals surface area contributed by atoms with Gasteiger partial charge in [-0.2, -0.15) is 0 Å². The normalized spacial score (nSPS) is 12.2. The number of hydrogen-bond acceptors (Lipinski definition) is 6. The Balaban J connectivity index is 2.83. The molecule has 0 amide bonds. The summed E-state index contributed by atoms with van der Waals surface area (Å²) < 4.78 is 4.60. The van der Waals surface area contributed by atoms with Gasteiger partial charge in [-0.3, -0.25) is 0 Å². The standard InChI is InChI=1S/C11H15NO4S/c1-16-11(15)8-3-2-4-9(10(8)12)17-6-7(14)5-13/h2-4,7,13-14H,5-6,12H2,1H3. The van der Waals surface area contributed by atoms with Gasteiger partial charge in [-0.15, -0.1) is 11.8 Å². The molecule has 0 heterocycles. The van der Waals surface area contributed by atoms with E-state index >= 15 is 0 Å². The summed E-state index contributed by atoms with van der Waals surface area (Å²) in [4.78, 5) is 12.1. The fraction of sp³-hybridized carbons (Fsp3) is 0.364. The summed E-state index contributed by atoms with van der Waals surface area (Å²) in [5, 5.41) is 17.9. The molecule has 0 aliphatic heterocycles. The van der Waals surface area contributed by atoms with Crippen LogP contribution >= 0.6 is 11.8 Å². The zero-order valence-corrected chi connectivity index (χ0v) is 10.2. The van der Waals surface area contributed by atoms with E-state index in [1.54, 1.807) is 18.2 Å². The van der Waals surface area contributed by atoms with Crippen molar-refractivity contribution in [2.24, 2.45) is 0 Å².